The van der Waals surface area contributed by atoms with E-state index in [4.69, 9.17) is 17.3 Å². The van der Waals surface area contributed by atoms with Gasteiger partial charge in [-0.1, -0.05) is 34.7 Å². The normalized spacial score (nSPS) is 12.2. The molecule has 20 heavy (non-hydrogen) atoms. The van der Waals surface area contributed by atoms with Gasteiger partial charge < -0.3 is 11.1 Å². The molecule has 0 fully saturated rings. The maximum atomic E-state index is 13.6. The number of nitrogens with one attached hydrogen (secondary N) is 1. The van der Waals surface area contributed by atoms with Crippen LogP contribution < -0.4 is 11.1 Å². The zero-order chi connectivity index (χ0) is 14.7. The molecule has 0 bridgehead atoms. The molecule has 0 aliphatic rings. The molecule has 1 amide bonds. The largest absolute Gasteiger partial charge is 0.374 e. The lowest BCUT2D eigenvalue weighted by molar-refractivity contribution is -0.115. The summed E-state index contributed by atoms with van der Waals surface area (Å²) >= 11 is 8.04. The van der Waals surface area contributed by atoms with Crippen LogP contribution >= 0.6 is 34.7 Å². The third-order valence-corrected chi connectivity index (χ3v) is 4.43. The number of rotatable bonds is 4. The lowest BCUT2D eigenvalue weighted by atomic mass is 10.3. The molecule has 106 valence electrons. The number of amides is 1. The Morgan fingerprint density at radius 2 is 2.30 bits per heavy atom. The van der Waals surface area contributed by atoms with Gasteiger partial charge >= 0.3 is 0 Å². The van der Waals surface area contributed by atoms with Crippen molar-refractivity contribution in [2.75, 3.05) is 11.1 Å². The highest BCUT2D eigenvalue weighted by molar-refractivity contribution is 8.02. The van der Waals surface area contributed by atoms with Crippen molar-refractivity contribution in [3.05, 3.63) is 29.0 Å². The highest BCUT2D eigenvalue weighted by Gasteiger charge is 2.18. The SMILES string of the molecule is CC(Sc1nnc(N)s1)C(=O)Nc1ccc(Cl)cc1F. The molecule has 9 heteroatoms. The summed E-state index contributed by atoms with van der Waals surface area (Å²) in [6.45, 7) is 1.69. The van der Waals surface area contributed by atoms with Crippen molar-refractivity contribution in [2.45, 2.75) is 16.5 Å². The molecule has 0 spiro atoms. The quantitative estimate of drug-likeness (QED) is 0.841. The molecule has 1 aromatic carbocycles. The number of halogens is 2. The number of thioether (sulfide) groups is 1. The second kappa shape index (κ2) is 6.38. The first-order valence-corrected chi connectivity index (χ1v) is 7.54. The van der Waals surface area contributed by atoms with Crippen molar-refractivity contribution in [1.82, 2.24) is 10.2 Å². The van der Waals surface area contributed by atoms with Gasteiger partial charge in [0.25, 0.3) is 0 Å². The average molecular weight is 333 g/mol. The number of carbonyl (C=O) groups excluding carboxylic acids is 1. The van der Waals surface area contributed by atoms with E-state index in [1.807, 2.05) is 0 Å². The summed E-state index contributed by atoms with van der Waals surface area (Å²) in [5, 5.41) is 10.1. The van der Waals surface area contributed by atoms with Crippen LogP contribution in [0.1, 0.15) is 6.92 Å². The summed E-state index contributed by atoms with van der Waals surface area (Å²) in [5.74, 6) is -0.923. The molecule has 1 atom stereocenters. The van der Waals surface area contributed by atoms with Crippen LogP contribution in [0.2, 0.25) is 5.02 Å². The maximum Gasteiger partial charge on any atom is 0.237 e. The van der Waals surface area contributed by atoms with Gasteiger partial charge in [0.15, 0.2) is 4.34 Å². The first-order chi connectivity index (χ1) is 9.45. The first-order valence-electron chi connectivity index (χ1n) is 5.47. The number of nitrogen functional groups attached to an aromatic ring is 1. The second-order valence-corrected chi connectivity index (χ2v) is 6.81. The van der Waals surface area contributed by atoms with Gasteiger partial charge in [-0.3, -0.25) is 4.79 Å². The molecule has 1 unspecified atom stereocenters. The van der Waals surface area contributed by atoms with Crippen molar-refractivity contribution in [1.29, 1.82) is 0 Å². The van der Waals surface area contributed by atoms with Crippen molar-refractivity contribution >= 4 is 51.4 Å². The standard InChI is InChI=1S/C11H10ClFN4OS2/c1-5(19-11-17-16-10(14)20-11)9(18)15-8-3-2-6(12)4-7(8)13/h2-5H,1H3,(H2,14,16)(H,15,18). The fourth-order valence-corrected chi connectivity index (χ4v) is 3.24. The Balaban J connectivity index is 2.00. The number of carbonyl (C=O) groups is 1. The lowest BCUT2D eigenvalue weighted by Gasteiger charge is -2.11. The number of nitrogens with zero attached hydrogens (tertiary/aromatic N) is 2. The summed E-state index contributed by atoms with van der Waals surface area (Å²) in [6, 6.07) is 4.06. The fraction of sp³-hybridized carbons (Fsp3) is 0.182. The molecule has 2 aromatic rings. The molecule has 0 aliphatic heterocycles. The minimum Gasteiger partial charge on any atom is -0.374 e. The van der Waals surface area contributed by atoms with E-state index in [0.29, 0.717) is 9.47 Å². The third-order valence-electron chi connectivity index (χ3n) is 2.26. The molecule has 2 rings (SSSR count). The topological polar surface area (TPSA) is 80.9 Å². The number of hydrogen-bond acceptors (Lipinski definition) is 6. The minimum atomic E-state index is -0.580. The molecule has 1 heterocycles. The van der Waals surface area contributed by atoms with Gasteiger partial charge in [-0.05, 0) is 25.1 Å². The van der Waals surface area contributed by atoms with Crippen LogP contribution in [0.4, 0.5) is 15.2 Å². The monoisotopic (exact) mass is 332 g/mol. The fourth-order valence-electron chi connectivity index (χ4n) is 1.30. The lowest BCUT2D eigenvalue weighted by Crippen LogP contribution is -2.22. The molecule has 0 saturated heterocycles. The van der Waals surface area contributed by atoms with Gasteiger partial charge in [0.2, 0.25) is 11.0 Å². The predicted octanol–water partition coefficient (Wildman–Crippen LogP) is 3.03. The molecule has 3 N–H and O–H groups in total. The van der Waals surface area contributed by atoms with Crippen LogP contribution in [-0.4, -0.2) is 21.4 Å². The van der Waals surface area contributed by atoms with Gasteiger partial charge in [0, 0.05) is 5.02 Å². The van der Waals surface area contributed by atoms with Crippen LogP contribution in [0.25, 0.3) is 0 Å². The Kier molecular flexibility index (Phi) is 4.79. The highest BCUT2D eigenvalue weighted by atomic mass is 35.5. The Labute approximate surface area is 127 Å². The highest BCUT2D eigenvalue weighted by Crippen LogP contribution is 2.28. The van der Waals surface area contributed by atoms with Gasteiger partial charge in [-0.15, -0.1) is 10.2 Å². The van der Waals surface area contributed by atoms with E-state index in [9.17, 15) is 9.18 Å². The summed E-state index contributed by atoms with van der Waals surface area (Å²) < 4.78 is 14.1. The average Bonchev–Trinajstić information content (AvgIpc) is 2.78. The zero-order valence-corrected chi connectivity index (χ0v) is 12.7. The van der Waals surface area contributed by atoms with E-state index in [-0.39, 0.29) is 16.6 Å². The number of nitrogens with two attached hydrogens (primary N) is 1. The molecule has 1 aromatic heterocycles. The van der Waals surface area contributed by atoms with Crippen LogP contribution in [0.15, 0.2) is 22.5 Å². The Morgan fingerprint density at radius 3 is 2.90 bits per heavy atom. The molecule has 0 aliphatic carbocycles. The smallest absolute Gasteiger partial charge is 0.237 e. The first kappa shape index (κ1) is 15.0. The molecular weight excluding hydrogens is 323 g/mol. The van der Waals surface area contributed by atoms with E-state index in [1.54, 1.807) is 6.92 Å². The van der Waals surface area contributed by atoms with E-state index in [1.165, 1.54) is 35.2 Å². The van der Waals surface area contributed by atoms with E-state index >= 15 is 0 Å². The van der Waals surface area contributed by atoms with Crippen LogP contribution in [0.3, 0.4) is 0 Å². The van der Waals surface area contributed by atoms with Crippen molar-refractivity contribution in [3.8, 4) is 0 Å². The van der Waals surface area contributed by atoms with Crippen molar-refractivity contribution in [2.24, 2.45) is 0 Å². The summed E-state index contributed by atoms with van der Waals surface area (Å²) in [5.41, 5.74) is 5.54. The summed E-state index contributed by atoms with van der Waals surface area (Å²) in [6.07, 6.45) is 0. The van der Waals surface area contributed by atoms with E-state index < -0.39 is 11.1 Å². The number of aromatic nitrogens is 2. The number of benzene rings is 1. The van der Waals surface area contributed by atoms with Gasteiger partial charge in [0.1, 0.15) is 5.82 Å². The third kappa shape index (κ3) is 3.81. The second-order valence-electron chi connectivity index (χ2n) is 3.78. The van der Waals surface area contributed by atoms with E-state index in [0.717, 1.165) is 6.07 Å². The Hall–Kier alpha value is -1.38. The Bertz CT molecular complexity index is 637. The maximum absolute atomic E-state index is 13.6. The predicted molar refractivity (Wildman–Crippen MR) is 79.7 cm³/mol. The Morgan fingerprint density at radius 1 is 1.55 bits per heavy atom. The summed E-state index contributed by atoms with van der Waals surface area (Å²) in [7, 11) is 0. The van der Waals surface area contributed by atoms with Crippen molar-refractivity contribution < 1.29 is 9.18 Å². The van der Waals surface area contributed by atoms with Crippen molar-refractivity contribution in [3.63, 3.8) is 0 Å². The summed E-state index contributed by atoms with van der Waals surface area (Å²) in [4.78, 5) is 12.0. The molecule has 0 saturated carbocycles. The van der Waals surface area contributed by atoms with Crippen LogP contribution in [-0.2, 0) is 4.79 Å². The zero-order valence-electron chi connectivity index (χ0n) is 10.3. The number of hydrogen-bond donors (Lipinski definition) is 2. The molecular formula is C11H10ClFN4OS2. The van der Waals surface area contributed by atoms with Gasteiger partial charge in [-0.2, -0.15) is 0 Å². The molecule has 5 nitrogen and oxygen atoms in total. The minimum absolute atomic E-state index is 0.0867. The number of anilines is 2. The molecule has 0 radical (unpaired) electrons. The van der Waals surface area contributed by atoms with Gasteiger partial charge in [-0.25, -0.2) is 4.39 Å². The van der Waals surface area contributed by atoms with Crippen LogP contribution in [0, 0.1) is 5.82 Å². The van der Waals surface area contributed by atoms with Crippen LogP contribution in [0.5, 0.6) is 0 Å². The van der Waals surface area contributed by atoms with Gasteiger partial charge in [0.05, 0.1) is 10.9 Å². The van der Waals surface area contributed by atoms with E-state index in [2.05, 4.69) is 15.5 Å².